The lowest BCUT2D eigenvalue weighted by atomic mass is 9.96. The van der Waals surface area contributed by atoms with Gasteiger partial charge in [-0.2, -0.15) is 0 Å². The zero-order valence-corrected chi connectivity index (χ0v) is 20.1. The number of hydrogen-bond donors (Lipinski definition) is 1. The molecule has 0 spiro atoms. The van der Waals surface area contributed by atoms with Crippen LogP contribution >= 0.6 is 11.3 Å². The Morgan fingerprint density at radius 2 is 1.76 bits per heavy atom. The molecule has 1 aliphatic rings. The van der Waals surface area contributed by atoms with E-state index in [4.69, 9.17) is 4.74 Å². The molecule has 1 saturated heterocycles. The summed E-state index contributed by atoms with van der Waals surface area (Å²) in [6.07, 6.45) is 1.27. The van der Waals surface area contributed by atoms with E-state index in [9.17, 15) is 9.59 Å². The average Bonchev–Trinajstić information content (AvgIpc) is 3.28. The number of likely N-dealkylation sites (tertiary alicyclic amines) is 1. The predicted molar refractivity (Wildman–Crippen MR) is 132 cm³/mol. The number of thiazole rings is 1. The van der Waals surface area contributed by atoms with Crippen LogP contribution in [0.1, 0.15) is 29.5 Å². The standard InChI is InChI=1S/C26H29N3O3S/c1-17-13-19(3)22(14-18(17)2)23-16-33-26(27-23)28-25(31)20-9-11-29(12-10-20)24(30)15-32-21-7-5-4-6-8-21/h4-8,13-14,16,20H,9-12,15H2,1-3H3,(H,27,28,31). The minimum absolute atomic E-state index is 0.0146. The van der Waals surface area contributed by atoms with E-state index in [1.165, 1.54) is 28.0 Å². The molecule has 172 valence electrons. The maximum Gasteiger partial charge on any atom is 0.260 e. The van der Waals surface area contributed by atoms with Gasteiger partial charge in [-0.3, -0.25) is 9.59 Å². The van der Waals surface area contributed by atoms with Crippen molar-refractivity contribution in [3.63, 3.8) is 0 Å². The molecule has 4 rings (SSSR count). The van der Waals surface area contributed by atoms with Crippen LogP contribution in [-0.2, 0) is 9.59 Å². The molecular formula is C26H29N3O3S. The highest BCUT2D eigenvalue weighted by atomic mass is 32.1. The van der Waals surface area contributed by atoms with Gasteiger partial charge in [0.2, 0.25) is 5.91 Å². The number of aromatic nitrogens is 1. The minimum Gasteiger partial charge on any atom is -0.484 e. The molecule has 1 aromatic heterocycles. The van der Waals surface area contributed by atoms with Gasteiger partial charge in [0.1, 0.15) is 5.75 Å². The molecular weight excluding hydrogens is 434 g/mol. The molecule has 0 unspecified atom stereocenters. The Balaban J connectivity index is 1.28. The van der Waals surface area contributed by atoms with E-state index in [1.54, 1.807) is 4.90 Å². The second kappa shape index (κ2) is 10.2. The van der Waals surface area contributed by atoms with Crippen LogP contribution in [0, 0.1) is 26.7 Å². The molecule has 0 aliphatic carbocycles. The smallest absolute Gasteiger partial charge is 0.260 e. The lowest BCUT2D eigenvalue weighted by Crippen LogP contribution is -2.43. The summed E-state index contributed by atoms with van der Waals surface area (Å²) in [7, 11) is 0. The summed E-state index contributed by atoms with van der Waals surface area (Å²) in [6.45, 7) is 7.41. The van der Waals surface area contributed by atoms with Gasteiger partial charge in [-0.1, -0.05) is 24.3 Å². The number of carbonyl (C=O) groups excluding carboxylic acids is 2. The highest BCUT2D eigenvalue weighted by Crippen LogP contribution is 2.30. The van der Waals surface area contributed by atoms with Gasteiger partial charge in [0.25, 0.3) is 5.91 Å². The van der Waals surface area contributed by atoms with Gasteiger partial charge in [-0.05, 0) is 68.5 Å². The lowest BCUT2D eigenvalue weighted by molar-refractivity contribution is -0.136. The highest BCUT2D eigenvalue weighted by Gasteiger charge is 2.28. The number of carbonyl (C=O) groups is 2. The van der Waals surface area contributed by atoms with Gasteiger partial charge < -0.3 is 15.0 Å². The monoisotopic (exact) mass is 463 g/mol. The average molecular weight is 464 g/mol. The van der Waals surface area contributed by atoms with Gasteiger partial charge in [-0.25, -0.2) is 4.98 Å². The maximum atomic E-state index is 12.8. The third kappa shape index (κ3) is 5.60. The molecule has 33 heavy (non-hydrogen) atoms. The van der Waals surface area contributed by atoms with Crippen LogP contribution in [0.25, 0.3) is 11.3 Å². The largest absolute Gasteiger partial charge is 0.484 e. The first-order valence-electron chi connectivity index (χ1n) is 11.2. The Hall–Kier alpha value is -3.19. The van der Waals surface area contributed by atoms with E-state index >= 15 is 0 Å². The third-order valence-electron chi connectivity index (χ3n) is 6.17. The van der Waals surface area contributed by atoms with Crippen LogP contribution in [0.2, 0.25) is 0 Å². The molecule has 1 fully saturated rings. The summed E-state index contributed by atoms with van der Waals surface area (Å²) in [5, 5.41) is 5.58. The fraction of sp³-hybridized carbons (Fsp3) is 0.346. The molecule has 0 atom stereocenters. The minimum atomic E-state index is -0.125. The van der Waals surface area contributed by atoms with Crippen LogP contribution < -0.4 is 10.1 Å². The summed E-state index contributed by atoms with van der Waals surface area (Å²) in [4.78, 5) is 31.7. The van der Waals surface area contributed by atoms with Crippen molar-refractivity contribution in [2.75, 3.05) is 25.0 Å². The molecule has 1 aliphatic heterocycles. The Kier molecular flexibility index (Phi) is 7.08. The first kappa shape index (κ1) is 23.0. The lowest BCUT2D eigenvalue weighted by Gasteiger charge is -2.31. The zero-order chi connectivity index (χ0) is 23.4. The van der Waals surface area contributed by atoms with Crippen molar-refractivity contribution in [1.29, 1.82) is 0 Å². The fourth-order valence-corrected chi connectivity index (χ4v) is 4.76. The van der Waals surface area contributed by atoms with Crippen molar-refractivity contribution in [2.24, 2.45) is 5.92 Å². The molecule has 7 heteroatoms. The number of amides is 2. The van der Waals surface area contributed by atoms with E-state index in [-0.39, 0.29) is 24.3 Å². The van der Waals surface area contributed by atoms with Crippen molar-refractivity contribution in [3.05, 3.63) is 64.5 Å². The van der Waals surface area contributed by atoms with E-state index in [0.29, 0.717) is 36.8 Å². The third-order valence-corrected chi connectivity index (χ3v) is 6.93. The van der Waals surface area contributed by atoms with Crippen molar-refractivity contribution < 1.29 is 14.3 Å². The SMILES string of the molecule is Cc1cc(C)c(-c2csc(NC(=O)C3CCN(C(=O)COc4ccccc4)CC3)n2)cc1C. The molecule has 2 aromatic carbocycles. The number of hydrogen-bond acceptors (Lipinski definition) is 5. The second-order valence-electron chi connectivity index (χ2n) is 8.54. The summed E-state index contributed by atoms with van der Waals surface area (Å²) in [6, 6.07) is 13.6. The highest BCUT2D eigenvalue weighted by molar-refractivity contribution is 7.14. The fourth-order valence-electron chi connectivity index (χ4n) is 4.04. The van der Waals surface area contributed by atoms with Crippen molar-refractivity contribution in [1.82, 2.24) is 9.88 Å². The normalized spacial score (nSPS) is 14.2. The summed E-state index contributed by atoms with van der Waals surface area (Å²) in [5.41, 5.74) is 5.64. The molecule has 1 N–H and O–H groups in total. The molecule has 0 saturated carbocycles. The number of nitrogens with zero attached hydrogens (tertiary/aromatic N) is 2. The number of aryl methyl sites for hydroxylation is 3. The van der Waals surface area contributed by atoms with Gasteiger partial charge in [0.05, 0.1) is 5.69 Å². The van der Waals surface area contributed by atoms with Crippen LogP contribution in [0.4, 0.5) is 5.13 Å². The topological polar surface area (TPSA) is 71.5 Å². The predicted octanol–water partition coefficient (Wildman–Crippen LogP) is 4.99. The number of rotatable bonds is 6. The summed E-state index contributed by atoms with van der Waals surface area (Å²) < 4.78 is 5.56. The number of piperidine rings is 1. The second-order valence-corrected chi connectivity index (χ2v) is 9.39. The Bertz CT molecular complexity index is 1130. The number of nitrogens with one attached hydrogen (secondary N) is 1. The maximum absolute atomic E-state index is 12.8. The Morgan fingerprint density at radius 1 is 1.06 bits per heavy atom. The van der Waals surface area contributed by atoms with Crippen LogP contribution in [0.5, 0.6) is 5.75 Å². The van der Waals surface area contributed by atoms with Crippen LogP contribution in [0.3, 0.4) is 0 Å². The van der Waals surface area contributed by atoms with Crippen LogP contribution in [0.15, 0.2) is 47.8 Å². The van der Waals surface area contributed by atoms with Gasteiger partial charge in [0, 0.05) is 30.0 Å². The summed E-state index contributed by atoms with van der Waals surface area (Å²) in [5.74, 6) is 0.477. The van der Waals surface area contributed by atoms with Crippen LogP contribution in [-0.4, -0.2) is 41.4 Å². The van der Waals surface area contributed by atoms with Crippen molar-refractivity contribution in [3.8, 4) is 17.0 Å². The zero-order valence-electron chi connectivity index (χ0n) is 19.3. The molecule has 6 nitrogen and oxygen atoms in total. The number of para-hydroxylation sites is 1. The van der Waals surface area contributed by atoms with E-state index in [2.05, 4.69) is 43.2 Å². The van der Waals surface area contributed by atoms with Crippen molar-refractivity contribution in [2.45, 2.75) is 33.6 Å². The van der Waals surface area contributed by atoms with Crippen molar-refractivity contribution >= 4 is 28.3 Å². The first-order chi connectivity index (χ1) is 15.9. The Labute approximate surface area is 198 Å². The molecule has 2 amide bonds. The molecule has 0 bridgehead atoms. The Morgan fingerprint density at radius 3 is 2.48 bits per heavy atom. The number of anilines is 1. The van der Waals surface area contributed by atoms with Gasteiger partial charge in [0.15, 0.2) is 11.7 Å². The van der Waals surface area contributed by atoms with E-state index in [0.717, 1.165) is 11.3 Å². The summed E-state index contributed by atoms with van der Waals surface area (Å²) >= 11 is 1.44. The molecule has 3 aromatic rings. The van der Waals surface area contributed by atoms with Gasteiger partial charge >= 0.3 is 0 Å². The van der Waals surface area contributed by atoms with Gasteiger partial charge in [-0.15, -0.1) is 11.3 Å². The van der Waals surface area contributed by atoms with E-state index < -0.39 is 0 Å². The quantitative estimate of drug-likeness (QED) is 0.559. The molecule has 2 heterocycles. The molecule has 0 radical (unpaired) electrons. The number of ether oxygens (including phenoxy) is 1. The van der Waals surface area contributed by atoms with E-state index in [1.807, 2.05) is 35.7 Å². The first-order valence-corrected chi connectivity index (χ1v) is 12.1. The number of benzene rings is 2.